The molecule has 0 radical (unpaired) electrons. The summed E-state index contributed by atoms with van der Waals surface area (Å²) in [6.45, 7) is 2.04. The Balaban J connectivity index is 2.19. The molecule has 1 aliphatic carbocycles. The van der Waals surface area contributed by atoms with Crippen molar-refractivity contribution >= 4 is 33.3 Å². The topological polar surface area (TPSA) is 24.9 Å². The number of pyridine rings is 1. The Kier molecular flexibility index (Phi) is 3.75. The SMILES string of the molecule is Cc1cnc(NC2(CCl)CCCC2)c(Br)c1. The van der Waals surface area contributed by atoms with Crippen molar-refractivity contribution in [2.24, 2.45) is 0 Å². The van der Waals surface area contributed by atoms with Crippen LogP contribution in [0.3, 0.4) is 0 Å². The minimum Gasteiger partial charge on any atom is -0.362 e. The average molecular weight is 304 g/mol. The number of alkyl halides is 1. The van der Waals surface area contributed by atoms with Gasteiger partial charge in [0.2, 0.25) is 0 Å². The Labute approximate surface area is 110 Å². The van der Waals surface area contributed by atoms with Gasteiger partial charge in [0.25, 0.3) is 0 Å². The van der Waals surface area contributed by atoms with Gasteiger partial charge in [0.05, 0.1) is 10.0 Å². The van der Waals surface area contributed by atoms with Crippen molar-refractivity contribution in [1.82, 2.24) is 4.98 Å². The van der Waals surface area contributed by atoms with E-state index >= 15 is 0 Å². The van der Waals surface area contributed by atoms with Gasteiger partial charge in [-0.3, -0.25) is 0 Å². The minimum atomic E-state index is 0.0480. The molecule has 1 saturated carbocycles. The monoisotopic (exact) mass is 302 g/mol. The number of nitrogens with one attached hydrogen (secondary N) is 1. The quantitative estimate of drug-likeness (QED) is 0.850. The summed E-state index contributed by atoms with van der Waals surface area (Å²) < 4.78 is 1.02. The summed E-state index contributed by atoms with van der Waals surface area (Å²) in [5.41, 5.74) is 1.20. The van der Waals surface area contributed by atoms with Crippen molar-refractivity contribution in [3.05, 3.63) is 22.3 Å². The summed E-state index contributed by atoms with van der Waals surface area (Å²) in [4.78, 5) is 4.42. The third-order valence-electron chi connectivity index (χ3n) is 3.18. The summed E-state index contributed by atoms with van der Waals surface area (Å²) in [7, 11) is 0. The van der Waals surface area contributed by atoms with Crippen LogP contribution >= 0.6 is 27.5 Å². The molecule has 1 aromatic rings. The highest BCUT2D eigenvalue weighted by Gasteiger charge is 2.33. The first kappa shape index (κ1) is 12.2. The lowest BCUT2D eigenvalue weighted by Gasteiger charge is -2.29. The van der Waals surface area contributed by atoms with Crippen LogP contribution in [0.5, 0.6) is 0 Å². The predicted molar refractivity (Wildman–Crippen MR) is 72.2 cm³/mol. The van der Waals surface area contributed by atoms with E-state index in [2.05, 4.69) is 32.3 Å². The Morgan fingerprint density at radius 2 is 2.19 bits per heavy atom. The summed E-state index contributed by atoms with van der Waals surface area (Å²) in [6.07, 6.45) is 6.66. The molecule has 0 bridgehead atoms. The van der Waals surface area contributed by atoms with Gasteiger partial charge in [-0.25, -0.2) is 4.98 Å². The molecule has 1 fully saturated rings. The Bertz CT molecular complexity index is 375. The highest BCUT2D eigenvalue weighted by atomic mass is 79.9. The number of aromatic nitrogens is 1. The summed E-state index contributed by atoms with van der Waals surface area (Å²) in [6, 6.07) is 2.08. The molecule has 1 aliphatic rings. The predicted octanol–water partition coefficient (Wildman–Crippen LogP) is 4.12. The largest absolute Gasteiger partial charge is 0.362 e. The number of hydrogen-bond acceptors (Lipinski definition) is 2. The molecule has 0 unspecified atom stereocenters. The number of aryl methyl sites for hydroxylation is 1. The van der Waals surface area contributed by atoms with Crippen LogP contribution in [0, 0.1) is 6.92 Å². The van der Waals surface area contributed by atoms with Crippen LogP contribution in [0.2, 0.25) is 0 Å². The fraction of sp³-hybridized carbons (Fsp3) is 0.583. The van der Waals surface area contributed by atoms with Gasteiger partial charge < -0.3 is 5.32 Å². The summed E-state index contributed by atoms with van der Waals surface area (Å²) >= 11 is 9.63. The van der Waals surface area contributed by atoms with Crippen molar-refractivity contribution in [3.63, 3.8) is 0 Å². The summed E-state index contributed by atoms with van der Waals surface area (Å²) in [5, 5.41) is 3.51. The molecule has 0 aromatic carbocycles. The normalized spacial score (nSPS) is 18.7. The van der Waals surface area contributed by atoms with Gasteiger partial charge in [0.1, 0.15) is 5.82 Å². The van der Waals surface area contributed by atoms with E-state index in [0.717, 1.165) is 28.7 Å². The number of halogens is 2. The summed E-state index contributed by atoms with van der Waals surface area (Å²) in [5.74, 6) is 1.56. The smallest absolute Gasteiger partial charge is 0.140 e. The van der Waals surface area contributed by atoms with E-state index in [1.165, 1.54) is 12.8 Å². The average Bonchev–Trinajstić information content (AvgIpc) is 2.72. The van der Waals surface area contributed by atoms with Gasteiger partial charge in [-0.1, -0.05) is 12.8 Å². The molecule has 1 heterocycles. The standard InChI is InChI=1S/C12H16BrClN2/c1-9-6-10(13)11(15-7-9)16-12(8-14)4-2-3-5-12/h6-7H,2-5,8H2,1H3,(H,15,16). The molecule has 1 aromatic heterocycles. The lowest BCUT2D eigenvalue weighted by molar-refractivity contribution is 0.537. The maximum Gasteiger partial charge on any atom is 0.140 e. The number of hydrogen-bond donors (Lipinski definition) is 1. The van der Waals surface area contributed by atoms with E-state index in [1.54, 1.807) is 0 Å². The molecule has 2 nitrogen and oxygen atoms in total. The highest BCUT2D eigenvalue weighted by molar-refractivity contribution is 9.10. The molecule has 4 heteroatoms. The lowest BCUT2D eigenvalue weighted by atomic mass is 10.0. The third kappa shape index (κ3) is 2.51. The second-order valence-corrected chi connectivity index (χ2v) is 5.71. The number of rotatable bonds is 3. The van der Waals surface area contributed by atoms with Gasteiger partial charge in [-0.15, -0.1) is 11.6 Å². The number of nitrogens with zero attached hydrogens (tertiary/aromatic N) is 1. The molecule has 0 aliphatic heterocycles. The Hall–Kier alpha value is -0.280. The zero-order valence-corrected chi connectivity index (χ0v) is 11.7. The van der Waals surface area contributed by atoms with Gasteiger partial charge in [0, 0.05) is 12.1 Å². The molecule has 0 saturated heterocycles. The van der Waals surface area contributed by atoms with Gasteiger partial charge in [0.15, 0.2) is 0 Å². The third-order valence-corrected chi connectivity index (χ3v) is 4.29. The molecular weight excluding hydrogens is 288 g/mol. The van der Waals surface area contributed by atoms with Crippen LogP contribution in [0.25, 0.3) is 0 Å². The van der Waals surface area contributed by atoms with E-state index in [0.29, 0.717) is 5.88 Å². The number of anilines is 1. The molecule has 0 amide bonds. The fourth-order valence-electron chi connectivity index (χ4n) is 2.22. The molecule has 0 atom stereocenters. The minimum absolute atomic E-state index is 0.0480. The first-order chi connectivity index (χ1) is 7.65. The zero-order chi connectivity index (χ0) is 11.6. The second kappa shape index (κ2) is 4.92. The van der Waals surface area contributed by atoms with E-state index in [1.807, 2.05) is 13.1 Å². The van der Waals surface area contributed by atoms with Crippen molar-refractivity contribution in [2.45, 2.75) is 38.1 Å². The molecular formula is C12H16BrClN2. The molecule has 88 valence electrons. The fourth-order valence-corrected chi connectivity index (χ4v) is 3.12. The Morgan fingerprint density at radius 1 is 1.50 bits per heavy atom. The van der Waals surface area contributed by atoms with Crippen molar-refractivity contribution in [2.75, 3.05) is 11.2 Å². The Morgan fingerprint density at radius 3 is 2.75 bits per heavy atom. The van der Waals surface area contributed by atoms with Crippen LogP contribution in [0.15, 0.2) is 16.7 Å². The maximum absolute atomic E-state index is 6.09. The molecule has 1 N–H and O–H groups in total. The first-order valence-electron chi connectivity index (χ1n) is 5.61. The van der Waals surface area contributed by atoms with Crippen LogP contribution in [0.4, 0.5) is 5.82 Å². The highest BCUT2D eigenvalue weighted by Crippen LogP contribution is 2.35. The lowest BCUT2D eigenvalue weighted by Crippen LogP contribution is -2.37. The zero-order valence-electron chi connectivity index (χ0n) is 9.39. The van der Waals surface area contributed by atoms with Gasteiger partial charge >= 0.3 is 0 Å². The molecule has 16 heavy (non-hydrogen) atoms. The van der Waals surface area contributed by atoms with E-state index < -0.39 is 0 Å². The molecule has 0 spiro atoms. The van der Waals surface area contributed by atoms with E-state index in [-0.39, 0.29) is 5.54 Å². The van der Waals surface area contributed by atoms with Crippen LogP contribution < -0.4 is 5.32 Å². The van der Waals surface area contributed by atoms with Crippen LogP contribution in [-0.2, 0) is 0 Å². The van der Waals surface area contributed by atoms with Gasteiger partial charge in [-0.2, -0.15) is 0 Å². The van der Waals surface area contributed by atoms with Crippen molar-refractivity contribution in [3.8, 4) is 0 Å². The van der Waals surface area contributed by atoms with E-state index in [4.69, 9.17) is 11.6 Å². The molecule has 2 rings (SSSR count). The van der Waals surface area contributed by atoms with Crippen LogP contribution in [-0.4, -0.2) is 16.4 Å². The maximum atomic E-state index is 6.09. The van der Waals surface area contributed by atoms with E-state index in [9.17, 15) is 0 Å². The van der Waals surface area contributed by atoms with Crippen molar-refractivity contribution < 1.29 is 0 Å². The van der Waals surface area contributed by atoms with Crippen molar-refractivity contribution in [1.29, 1.82) is 0 Å². The first-order valence-corrected chi connectivity index (χ1v) is 6.94. The van der Waals surface area contributed by atoms with Gasteiger partial charge in [-0.05, 0) is 47.3 Å². The van der Waals surface area contributed by atoms with Crippen LogP contribution in [0.1, 0.15) is 31.2 Å². The second-order valence-electron chi connectivity index (χ2n) is 4.59.